The highest BCUT2D eigenvalue weighted by Crippen LogP contribution is 2.45. The molecule has 0 spiro atoms. The number of aromatic nitrogens is 4. The van der Waals surface area contributed by atoms with E-state index in [1.54, 1.807) is 18.2 Å². The standard InChI is InChI=1S/C38H37Cl2N5O4/c1-21-20-44(32-18-26-17-25(38(47)48)10-15-31(26)42(32)4)37(46)36-28(7-6-16-49-27-11-8-24(19-39)9-12-27)29-13-14-30(40)34(35(29)45(21)36)33-22(2)41-43(5)23(33)3/h8-15,17-18,21H,6-7,16,19-20H2,1-5H3,(H,47,48)/t21-/m1/s1. The van der Waals surface area contributed by atoms with Crippen molar-refractivity contribution in [1.82, 2.24) is 18.9 Å². The van der Waals surface area contributed by atoms with Gasteiger partial charge in [-0.3, -0.25) is 14.4 Å². The summed E-state index contributed by atoms with van der Waals surface area (Å²) >= 11 is 13.0. The van der Waals surface area contributed by atoms with Gasteiger partial charge in [-0.2, -0.15) is 5.10 Å². The fraction of sp³-hybridized carbons (Fsp3) is 0.289. The Morgan fingerprint density at radius 3 is 2.47 bits per heavy atom. The number of hydrogen-bond donors (Lipinski definition) is 1. The molecule has 0 saturated heterocycles. The second-order valence-corrected chi connectivity index (χ2v) is 13.5. The molecule has 0 fully saturated rings. The molecule has 49 heavy (non-hydrogen) atoms. The quantitative estimate of drug-likeness (QED) is 0.121. The van der Waals surface area contributed by atoms with Gasteiger partial charge >= 0.3 is 5.97 Å². The molecule has 3 aromatic carbocycles. The lowest BCUT2D eigenvalue weighted by Crippen LogP contribution is -2.43. The molecule has 1 amide bonds. The number of carbonyl (C=O) groups is 2. The van der Waals surface area contributed by atoms with E-state index in [0.29, 0.717) is 48.4 Å². The highest BCUT2D eigenvalue weighted by atomic mass is 35.5. The number of nitrogens with zero attached hydrogens (tertiary/aromatic N) is 5. The minimum Gasteiger partial charge on any atom is -0.494 e. The van der Waals surface area contributed by atoms with Crippen molar-refractivity contribution in [2.75, 3.05) is 18.1 Å². The zero-order valence-electron chi connectivity index (χ0n) is 28.1. The molecule has 0 aliphatic carbocycles. The van der Waals surface area contributed by atoms with Crippen LogP contribution in [-0.2, 0) is 26.4 Å². The van der Waals surface area contributed by atoms with Crippen molar-refractivity contribution in [1.29, 1.82) is 0 Å². The number of fused-ring (bicyclic) bond motifs is 4. The summed E-state index contributed by atoms with van der Waals surface area (Å²) in [5.41, 5.74) is 8.28. The molecular weight excluding hydrogens is 661 g/mol. The number of rotatable bonds is 9. The molecule has 0 saturated carbocycles. The number of benzene rings is 3. The summed E-state index contributed by atoms with van der Waals surface area (Å²) in [7, 11) is 3.83. The van der Waals surface area contributed by atoms with Crippen LogP contribution in [0, 0.1) is 13.8 Å². The first-order valence-corrected chi connectivity index (χ1v) is 17.2. The first kappa shape index (κ1) is 32.8. The SMILES string of the molecule is Cc1nn(C)c(C)c1-c1c(Cl)ccc2c(CCCOc3ccc(CCl)cc3)c3n(c12)[C@H](C)CN(c1cc2cc(C(=O)O)ccc2n1C)C3=O. The van der Waals surface area contributed by atoms with Gasteiger partial charge in [0, 0.05) is 65.7 Å². The molecule has 0 unspecified atom stereocenters. The van der Waals surface area contributed by atoms with Gasteiger partial charge in [0.2, 0.25) is 0 Å². The fourth-order valence-corrected chi connectivity index (χ4v) is 7.76. The number of carbonyl (C=O) groups excluding carboxylic acids is 1. The number of carboxylic acids is 1. The van der Waals surface area contributed by atoms with Crippen LogP contribution in [0.3, 0.4) is 0 Å². The molecule has 0 radical (unpaired) electrons. The Morgan fingerprint density at radius 1 is 1.04 bits per heavy atom. The van der Waals surface area contributed by atoms with E-state index in [1.807, 2.05) is 84.6 Å². The highest BCUT2D eigenvalue weighted by molar-refractivity contribution is 6.35. The maximum absolute atomic E-state index is 14.8. The third-order valence-corrected chi connectivity index (χ3v) is 10.4. The topological polar surface area (TPSA) is 94.5 Å². The summed E-state index contributed by atoms with van der Waals surface area (Å²) in [5, 5.41) is 16.6. The van der Waals surface area contributed by atoms with Gasteiger partial charge in [-0.1, -0.05) is 29.8 Å². The average molecular weight is 699 g/mol. The third-order valence-electron chi connectivity index (χ3n) is 9.77. The Kier molecular flexibility index (Phi) is 8.45. The Labute approximate surface area is 294 Å². The zero-order chi connectivity index (χ0) is 34.7. The van der Waals surface area contributed by atoms with Crippen LogP contribution in [0.25, 0.3) is 32.9 Å². The van der Waals surface area contributed by atoms with Crippen LogP contribution in [0.15, 0.2) is 60.7 Å². The summed E-state index contributed by atoms with van der Waals surface area (Å²) < 4.78 is 12.1. The van der Waals surface area contributed by atoms with Crippen molar-refractivity contribution >= 4 is 62.7 Å². The third kappa shape index (κ3) is 5.45. The van der Waals surface area contributed by atoms with Crippen molar-refractivity contribution in [2.24, 2.45) is 14.1 Å². The second kappa shape index (κ2) is 12.6. The first-order chi connectivity index (χ1) is 23.5. The first-order valence-electron chi connectivity index (χ1n) is 16.3. The van der Waals surface area contributed by atoms with Gasteiger partial charge < -0.3 is 19.0 Å². The van der Waals surface area contributed by atoms with Crippen LogP contribution in [-0.4, -0.2) is 49.0 Å². The highest BCUT2D eigenvalue weighted by Gasteiger charge is 2.37. The van der Waals surface area contributed by atoms with Gasteiger partial charge in [0.25, 0.3) is 5.91 Å². The number of hydrogen-bond acceptors (Lipinski definition) is 4. The lowest BCUT2D eigenvalue weighted by Gasteiger charge is -2.34. The van der Waals surface area contributed by atoms with Crippen LogP contribution in [0.1, 0.15) is 62.7 Å². The molecule has 1 N–H and O–H groups in total. The van der Waals surface area contributed by atoms with E-state index < -0.39 is 5.97 Å². The fourth-order valence-electron chi connectivity index (χ4n) is 7.34. The molecule has 4 heterocycles. The van der Waals surface area contributed by atoms with Crippen LogP contribution in [0.2, 0.25) is 5.02 Å². The van der Waals surface area contributed by atoms with Crippen molar-refractivity contribution in [3.05, 3.63) is 99.5 Å². The van der Waals surface area contributed by atoms with E-state index in [0.717, 1.165) is 61.2 Å². The van der Waals surface area contributed by atoms with E-state index >= 15 is 0 Å². The van der Waals surface area contributed by atoms with Crippen molar-refractivity contribution in [2.45, 2.75) is 45.5 Å². The molecule has 252 valence electrons. The maximum Gasteiger partial charge on any atom is 0.335 e. The number of halogens is 2. The van der Waals surface area contributed by atoms with E-state index in [4.69, 9.17) is 33.0 Å². The van der Waals surface area contributed by atoms with Crippen LogP contribution in [0.4, 0.5) is 5.82 Å². The molecule has 7 rings (SSSR count). The average Bonchev–Trinajstić information content (AvgIpc) is 3.69. The van der Waals surface area contributed by atoms with Crippen molar-refractivity contribution in [3.63, 3.8) is 0 Å². The minimum atomic E-state index is -0.992. The lowest BCUT2D eigenvalue weighted by molar-refractivity contribution is 0.0696. The van der Waals surface area contributed by atoms with Crippen molar-refractivity contribution in [3.8, 4) is 16.9 Å². The minimum absolute atomic E-state index is 0.109. The summed E-state index contributed by atoms with van der Waals surface area (Å²) in [6.45, 7) is 7.04. The molecular formula is C38H37Cl2N5O4. The molecule has 6 aromatic rings. The van der Waals surface area contributed by atoms with Crippen LogP contribution >= 0.6 is 23.2 Å². The number of ether oxygens (including phenoxy) is 1. The van der Waals surface area contributed by atoms with E-state index in [2.05, 4.69) is 11.5 Å². The number of aryl methyl sites for hydroxylation is 4. The summed E-state index contributed by atoms with van der Waals surface area (Å²) in [6.07, 6.45) is 1.29. The normalized spacial score (nSPS) is 14.6. The van der Waals surface area contributed by atoms with Gasteiger partial charge in [-0.15, -0.1) is 11.6 Å². The smallest absolute Gasteiger partial charge is 0.335 e. The Morgan fingerprint density at radius 2 is 1.80 bits per heavy atom. The zero-order valence-corrected chi connectivity index (χ0v) is 29.6. The number of alkyl halides is 1. The van der Waals surface area contributed by atoms with Gasteiger partial charge in [-0.25, -0.2) is 4.79 Å². The van der Waals surface area contributed by atoms with E-state index in [1.165, 1.54) is 0 Å². The summed E-state index contributed by atoms with van der Waals surface area (Å²) in [6, 6.07) is 18.5. The lowest BCUT2D eigenvalue weighted by atomic mass is 9.98. The predicted molar refractivity (Wildman–Crippen MR) is 195 cm³/mol. The molecule has 1 aliphatic rings. The van der Waals surface area contributed by atoms with Gasteiger partial charge in [-0.05, 0) is 87.2 Å². The molecule has 9 nitrogen and oxygen atoms in total. The number of amides is 1. The molecule has 1 aliphatic heterocycles. The summed E-state index contributed by atoms with van der Waals surface area (Å²) in [4.78, 5) is 28.4. The van der Waals surface area contributed by atoms with E-state index in [-0.39, 0.29) is 17.5 Å². The van der Waals surface area contributed by atoms with Crippen LogP contribution in [0.5, 0.6) is 5.75 Å². The number of aromatic carboxylic acids is 1. The second-order valence-electron chi connectivity index (χ2n) is 12.8. The molecule has 11 heteroatoms. The van der Waals surface area contributed by atoms with Gasteiger partial charge in [0.15, 0.2) is 0 Å². The van der Waals surface area contributed by atoms with Crippen molar-refractivity contribution < 1.29 is 19.4 Å². The number of carboxylic acid groups (broad SMARTS) is 1. The Hall–Kier alpha value is -4.73. The maximum atomic E-state index is 14.8. The van der Waals surface area contributed by atoms with Gasteiger partial charge in [0.1, 0.15) is 17.3 Å². The van der Waals surface area contributed by atoms with Crippen LogP contribution < -0.4 is 9.64 Å². The summed E-state index contributed by atoms with van der Waals surface area (Å²) in [5.74, 6) is 0.814. The monoisotopic (exact) mass is 697 g/mol. The Bertz CT molecular complexity index is 2280. The number of anilines is 1. The van der Waals surface area contributed by atoms with Gasteiger partial charge in [0.05, 0.1) is 28.4 Å². The largest absolute Gasteiger partial charge is 0.494 e. The molecule has 3 aromatic heterocycles. The molecule has 1 atom stereocenters. The van der Waals surface area contributed by atoms with E-state index in [9.17, 15) is 14.7 Å². The Balaban J connectivity index is 1.36. The molecule has 0 bridgehead atoms. The predicted octanol–water partition coefficient (Wildman–Crippen LogP) is 8.47.